The number of benzene rings is 1. The summed E-state index contributed by atoms with van der Waals surface area (Å²) in [5, 5.41) is 18.3. The molecule has 5 heteroatoms. The summed E-state index contributed by atoms with van der Waals surface area (Å²) in [6, 6.07) is 7.66. The van der Waals surface area contributed by atoms with Crippen molar-refractivity contribution in [3.63, 3.8) is 0 Å². The molecule has 18 heavy (non-hydrogen) atoms. The van der Waals surface area contributed by atoms with Gasteiger partial charge in [0.25, 0.3) is 0 Å². The third-order valence-corrected chi connectivity index (χ3v) is 3.94. The summed E-state index contributed by atoms with van der Waals surface area (Å²) in [6.45, 7) is 0.860. The molecular formula is C13H15BrN2O2. The fourth-order valence-electron chi connectivity index (χ4n) is 2.32. The van der Waals surface area contributed by atoms with E-state index >= 15 is 0 Å². The van der Waals surface area contributed by atoms with E-state index in [-0.39, 0.29) is 18.8 Å². The normalized spacial score (nSPS) is 23.1. The first-order valence-corrected chi connectivity index (χ1v) is 6.58. The molecule has 1 aromatic carbocycles. The predicted octanol–water partition coefficient (Wildman–Crippen LogP) is 1.91. The van der Waals surface area contributed by atoms with Gasteiger partial charge in [-0.25, -0.2) is 0 Å². The van der Waals surface area contributed by atoms with Crippen molar-refractivity contribution >= 4 is 21.6 Å². The van der Waals surface area contributed by atoms with Gasteiger partial charge in [-0.3, -0.25) is 0 Å². The van der Waals surface area contributed by atoms with E-state index in [1.54, 1.807) is 19.2 Å². The van der Waals surface area contributed by atoms with Gasteiger partial charge in [-0.05, 0) is 40.5 Å². The Bertz CT molecular complexity index is 473. The van der Waals surface area contributed by atoms with Gasteiger partial charge in [-0.2, -0.15) is 5.26 Å². The van der Waals surface area contributed by atoms with Gasteiger partial charge < -0.3 is 14.7 Å². The molecule has 2 atom stereocenters. The molecule has 1 aromatic rings. The lowest BCUT2D eigenvalue weighted by Gasteiger charge is -2.26. The van der Waals surface area contributed by atoms with E-state index in [2.05, 4.69) is 26.9 Å². The lowest BCUT2D eigenvalue weighted by molar-refractivity contribution is 0.115. The molecule has 1 fully saturated rings. The standard InChI is InChI=1S/C13H15BrN2O2/c1-18-11-5-10(8-17)16(7-11)13-3-2-9(6-15)4-12(13)14/h2-4,10-11,17H,5,7-8H2,1H3/t10-,11-/m0/s1. The summed E-state index contributed by atoms with van der Waals surface area (Å²) < 4.78 is 6.23. The third-order valence-electron chi connectivity index (χ3n) is 3.31. The average Bonchev–Trinajstić information content (AvgIpc) is 2.81. The summed E-state index contributed by atoms with van der Waals surface area (Å²) in [7, 11) is 1.69. The summed E-state index contributed by atoms with van der Waals surface area (Å²) in [5.41, 5.74) is 1.61. The molecule has 0 aliphatic carbocycles. The van der Waals surface area contributed by atoms with Gasteiger partial charge in [0, 0.05) is 18.1 Å². The Hall–Kier alpha value is -1.09. The van der Waals surface area contributed by atoms with E-state index < -0.39 is 0 Å². The van der Waals surface area contributed by atoms with Crippen LogP contribution in [0.5, 0.6) is 0 Å². The zero-order chi connectivity index (χ0) is 13.1. The summed E-state index contributed by atoms with van der Waals surface area (Å²) in [5.74, 6) is 0. The van der Waals surface area contributed by atoms with E-state index in [1.165, 1.54) is 0 Å². The number of hydrogen-bond donors (Lipinski definition) is 1. The van der Waals surface area contributed by atoms with Crippen LogP contribution in [-0.4, -0.2) is 37.5 Å². The first-order valence-electron chi connectivity index (χ1n) is 5.79. The van der Waals surface area contributed by atoms with E-state index in [0.717, 1.165) is 23.1 Å². The highest BCUT2D eigenvalue weighted by Gasteiger charge is 2.32. The first kappa shape index (κ1) is 13.3. The van der Waals surface area contributed by atoms with Crippen LogP contribution in [0.15, 0.2) is 22.7 Å². The van der Waals surface area contributed by atoms with Gasteiger partial charge in [-0.1, -0.05) is 0 Å². The summed E-state index contributed by atoms with van der Waals surface area (Å²) in [4.78, 5) is 2.12. The highest BCUT2D eigenvalue weighted by atomic mass is 79.9. The molecule has 0 saturated carbocycles. The quantitative estimate of drug-likeness (QED) is 0.926. The van der Waals surface area contributed by atoms with Crippen LogP contribution >= 0.6 is 15.9 Å². The molecule has 0 unspecified atom stereocenters. The van der Waals surface area contributed by atoms with Gasteiger partial charge in [-0.15, -0.1) is 0 Å². The number of methoxy groups -OCH3 is 1. The number of ether oxygens (including phenoxy) is 1. The molecular weight excluding hydrogens is 296 g/mol. The Kier molecular flexibility index (Phi) is 4.23. The zero-order valence-electron chi connectivity index (χ0n) is 10.1. The number of hydrogen-bond acceptors (Lipinski definition) is 4. The number of anilines is 1. The van der Waals surface area contributed by atoms with Crippen LogP contribution in [0.2, 0.25) is 0 Å². The second kappa shape index (κ2) is 5.70. The summed E-state index contributed by atoms with van der Waals surface area (Å²) in [6.07, 6.45) is 0.962. The van der Waals surface area contributed by atoms with Crippen LogP contribution in [0.4, 0.5) is 5.69 Å². The minimum Gasteiger partial charge on any atom is -0.394 e. The maximum atomic E-state index is 9.44. The summed E-state index contributed by atoms with van der Waals surface area (Å²) >= 11 is 3.48. The van der Waals surface area contributed by atoms with E-state index in [1.807, 2.05) is 6.07 Å². The van der Waals surface area contributed by atoms with Crippen molar-refractivity contribution in [1.29, 1.82) is 5.26 Å². The lowest BCUT2D eigenvalue weighted by Crippen LogP contribution is -2.32. The van der Waals surface area contributed by atoms with Gasteiger partial charge in [0.15, 0.2) is 0 Å². The molecule has 2 rings (SSSR count). The average molecular weight is 311 g/mol. The van der Waals surface area contributed by atoms with Crippen LogP contribution < -0.4 is 4.90 Å². The van der Waals surface area contributed by atoms with Crippen molar-refractivity contribution < 1.29 is 9.84 Å². The highest BCUT2D eigenvalue weighted by molar-refractivity contribution is 9.10. The van der Waals surface area contributed by atoms with E-state index in [9.17, 15) is 5.11 Å². The van der Waals surface area contributed by atoms with Gasteiger partial charge in [0.2, 0.25) is 0 Å². The largest absolute Gasteiger partial charge is 0.394 e. The Balaban J connectivity index is 2.28. The van der Waals surface area contributed by atoms with Crippen LogP contribution in [-0.2, 0) is 4.74 Å². The number of nitriles is 1. The zero-order valence-corrected chi connectivity index (χ0v) is 11.7. The molecule has 0 spiro atoms. The van der Waals surface area contributed by atoms with Crippen LogP contribution in [0.25, 0.3) is 0 Å². The predicted molar refractivity (Wildman–Crippen MR) is 72.5 cm³/mol. The second-order valence-corrected chi connectivity index (χ2v) is 5.21. The Morgan fingerprint density at radius 3 is 2.94 bits per heavy atom. The Morgan fingerprint density at radius 1 is 1.61 bits per heavy atom. The molecule has 0 amide bonds. The molecule has 1 heterocycles. The maximum absolute atomic E-state index is 9.44. The van der Waals surface area contributed by atoms with Gasteiger partial charge in [0.05, 0.1) is 36.1 Å². The Labute approximate surface area is 115 Å². The fourth-order valence-corrected chi connectivity index (χ4v) is 2.93. The van der Waals surface area contributed by atoms with E-state index in [4.69, 9.17) is 10.00 Å². The lowest BCUT2D eigenvalue weighted by atomic mass is 10.2. The minimum absolute atomic E-state index is 0.0687. The molecule has 0 aromatic heterocycles. The topological polar surface area (TPSA) is 56.5 Å². The molecule has 1 saturated heterocycles. The van der Waals surface area contributed by atoms with Gasteiger partial charge >= 0.3 is 0 Å². The van der Waals surface area contributed by atoms with Crippen LogP contribution in [0.1, 0.15) is 12.0 Å². The SMILES string of the molecule is CO[C@H]1C[C@@H](CO)N(c2ccc(C#N)cc2Br)C1. The first-order chi connectivity index (χ1) is 8.69. The van der Waals surface area contributed by atoms with Crippen molar-refractivity contribution in [3.05, 3.63) is 28.2 Å². The number of halogens is 1. The molecule has 0 radical (unpaired) electrons. The van der Waals surface area contributed by atoms with Crippen molar-refractivity contribution in [1.82, 2.24) is 0 Å². The molecule has 1 aliphatic heterocycles. The Morgan fingerprint density at radius 2 is 2.39 bits per heavy atom. The van der Waals surface area contributed by atoms with Crippen molar-refractivity contribution in [2.45, 2.75) is 18.6 Å². The molecule has 4 nitrogen and oxygen atoms in total. The van der Waals surface area contributed by atoms with Crippen LogP contribution in [0, 0.1) is 11.3 Å². The minimum atomic E-state index is 0.0687. The molecule has 1 aliphatic rings. The van der Waals surface area contributed by atoms with Gasteiger partial charge in [0.1, 0.15) is 0 Å². The van der Waals surface area contributed by atoms with Crippen LogP contribution in [0.3, 0.4) is 0 Å². The second-order valence-electron chi connectivity index (χ2n) is 4.36. The smallest absolute Gasteiger partial charge is 0.0992 e. The number of rotatable bonds is 3. The number of aliphatic hydroxyl groups is 1. The third kappa shape index (κ3) is 2.51. The maximum Gasteiger partial charge on any atom is 0.0992 e. The number of nitrogens with zero attached hydrogens (tertiary/aromatic N) is 2. The molecule has 0 bridgehead atoms. The number of aliphatic hydroxyl groups excluding tert-OH is 1. The van der Waals surface area contributed by atoms with Crippen molar-refractivity contribution in [2.75, 3.05) is 25.2 Å². The van der Waals surface area contributed by atoms with E-state index in [0.29, 0.717) is 5.56 Å². The van der Waals surface area contributed by atoms with Crippen molar-refractivity contribution in [2.24, 2.45) is 0 Å². The van der Waals surface area contributed by atoms with Crippen molar-refractivity contribution in [3.8, 4) is 6.07 Å². The monoisotopic (exact) mass is 310 g/mol. The molecule has 1 N–H and O–H groups in total. The fraction of sp³-hybridized carbons (Fsp3) is 0.462. The molecule has 96 valence electrons. The highest BCUT2D eigenvalue weighted by Crippen LogP contribution is 2.33.